The van der Waals surface area contributed by atoms with E-state index in [1.807, 2.05) is 12.1 Å². The minimum atomic E-state index is -0.962. The molecule has 0 spiro atoms. The number of hydrogen-bond acceptors (Lipinski definition) is 7. The van der Waals surface area contributed by atoms with Gasteiger partial charge in [0.1, 0.15) is 11.1 Å². The lowest BCUT2D eigenvalue weighted by atomic mass is 10.1. The van der Waals surface area contributed by atoms with Crippen molar-refractivity contribution in [1.82, 2.24) is 0 Å². The van der Waals surface area contributed by atoms with Crippen LogP contribution < -0.4 is 14.8 Å². The van der Waals surface area contributed by atoms with E-state index >= 15 is 0 Å². The highest BCUT2D eigenvalue weighted by atomic mass is 32.1. The van der Waals surface area contributed by atoms with E-state index in [-0.39, 0.29) is 6.42 Å². The van der Waals surface area contributed by atoms with Crippen LogP contribution in [0.1, 0.15) is 24.5 Å². The number of carbonyl (C=O) groups excluding carboxylic acids is 2. The van der Waals surface area contributed by atoms with Crippen molar-refractivity contribution in [1.29, 1.82) is 5.26 Å². The summed E-state index contributed by atoms with van der Waals surface area (Å²) in [5, 5.41) is 13.7. The van der Waals surface area contributed by atoms with E-state index in [1.165, 1.54) is 18.3 Å². The third-order valence-corrected chi connectivity index (χ3v) is 4.60. The summed E-state index contributed by atoms with van der Waals surface area (Å²) < 4.78 is 15.6. The Morgan fingerprint density at radius 1 is 1.22 bits per heavy atom. The Labute approximate surface area is 161 Å². The first-order valence-corrected chi connectivity index (χ1v) is 9.05. The van der Waals surface area contributed by atoms with Gasteiger partial charge < -0.3 is 19.5 Å². The minimum Gasteiger partial charge on any atom is -0.493 e. The number of anilines is 1. The first-order chi connectivity index (χ1) is 13.0. The maximum absolute atomic E-state index is 12.1. The van der Waals surface area contributed by atoms with Crippen LogP contribution in [0.25, 0.3) is 0 Å². The highest BCUT2D eigenvalue weighted by molar-refractivity contribution is 7.14. The fourth-order valence-electron chi connectivity index (χ4n) is 2.30. The average molecular weight is 388 g/mol. The Hall–Kier alpha value is -3.05. The first-order valence-electron chi connectivity index (χ1n) is 8.17. The molecule has 0 radical (unpaired) electrons. The maximum atomic E-state index is 12.1. The van der Waals surface area contributed by atoms with Crippen LogP contribution in [-0.2, 0) is 20.7 Å². The Balaban J connectivity index is 1.86. The van der Waals surface area contributed by atoms with Crippen molar-refractivity contribution in [2.75, 3.05) is 19.5 Å². The van der Waals surface area contributed by atoms with Crippen LogP contribution in [0.5, 0.6) is 11.5 Å². The van der Waals surface area contributed by atoms with Gasteiger partial charge in [-0.05, 0) is 42.5 Å². The van der Waals surface area contributed by atoms with Crippen molar-refractivity contribution in [2.24, 2.45) is 0 Å². The Bertz CT molecular complexity index is 856. The zero-order valence-corrected chi connectivity index (χ0v) is 16.1. The average Bonchev–Trinajstić information content (AvgIpc) is 3.12. The molecule has 8 heteroatoms. The summed E-state index contributed by atoms with van der Waals surface area (Å²) in [5.41, 5.74) is 1.26. The van der Waals surface area contributed by atoms with Crippen LogP contribution in [-0.4, -0.2) is 32.2 Å². The van der Waals surface area contributed by atoms with Gasteiger partial charge in [-0.2, -0.15) is 5.26 Å². The van der Waals surface area contributed by atoms with Crippen LogP contribution in [0.4, 0.5) is 5.00 Å². The summed E-state index contributed by atoms with van der Waals surface area (Å²) in [6, 6.07) is 9.00. The highest BCUT2D eigenvalue weighted by Gasteiger charge is 2.19. The molecular formula is C19H20N2O5S. The van der Waals surface area contributed by atoms with Crippen LogP contribution >= 0.6 is 11.3 Å². The van der Waals surface area contributed by atoms with E-state index in [1.54, 1.807) is 37.8 Å². The van der Waals surface area contributed by atoms with Crippen molar-refractivity contribution in [3.8, 4) is 17.6 Å². The molecule has 0 fully saturated rings. The molecule has 2 rings (SSSR count). The summed E-state index contributed by atoms with van der Waals surface area (Å²) in [6.45, 7) is 1.49. The summed E-state index contributed by atoms with van der Waals surface area (Å²) in [6.07, 6.45) is -0.399. The molecule has 0 saturated carbocycles. The predicted molar refractivity (Wildman–Crippen MR) is 101 cm³/mol. The number of methoxy groups -OCH3 is 2. The molecule has 0 aliphatic carbocycles. The van der Waals surface area contributed by atoms with E-state index in [0.29, 0.717) is 28.5 Å². The number of nitriles is 1. The lowest BCUT2D eigenvalue weighted by Gasteiger charge is -2.13. The Morgan fingerprint density at radius 2 is 1.96 bits per heavy atom. The number of nitrogens with zero attached hydrogens (tertiary/aromatic N) is 1. The van der Waals surface area contributed by atoms with Gasteiger partial charge >= 0.3 is 5.97 Å². The molecule has 1 amide bonds. The van der Waals surface area contributed by atoms with Crippen molar-refractivity contribution < 1.29 is 23.8 Å². The van der Waals surface area contributed by atoms with Crippen molar-refractivity contribution in [3.05, 3.63) is 40.8 Å². The monoisotopic (exact) mass is 388 g/mol. The number of aryl methyl sites for hydroxylation is 1. The molecular weight excluding hydrogens is 368 g/mol. The number of nitrogens with one attached hydrogen (secondary N) is 1. The molecule has 1 N–H and O–H groups in total. The van der Waals surface area contributed by atoms with Crippen molar-refractivity contribution in [2.45, 2.75) is 25.9 Å². The van der Waals surface area contributed by atoms with Crippen molar-refractivity contribution in [3.63, 3.8) is 0 Å². The number of hydrogen-bond donors (Lipinski definition) is 1. The number of carbonyl (C=O) groups is 2. The van der Waals surface area contributed by atoms with Gasteiger partial charge in [-0.3, -0.25) is 9.59 Å². The second-order valence-corrected chi connectivity index (χ2v) is 6.50. The topological polar surface area (TPSA) is 97.6 Å². The lowest BCUT2D eigenvalue weighted by molar-refractivity contribution is -0.153. The Morgan fingerprint density at radius 3 is 2.63 bits per heavy atom. The highest BCUT2D eigenvalue weighted by Crippen LogP contribution is 2.28. The third kappa shape index (κ3) is 5.46. The second kappa shape index (κ2) is 9.59. The van der Waals surface area contributed by atoms with Crippen LogP contribution in [0.2, 0.25) is 0 Å². The van der Waals surface area contributed by atoms with Crippen LogP contribution in [0.15, 0.2) is 29.6 Å². The largest absolute Gasteiger partial charge is 0.493 e. The minimum absolute atomic E-state index is 0.121. The molecule has 1 atom stereocenters. The molecule has 2 aromatic rings. The number of rotatable bonds is 8. The lowest BCUT2D eigenvalue weighted by Crippen LogP contribution is -2.30. The van der Waals surface area contributed by atoms with Gasteiger partial charge in [-0.25, -0.2) is 0 Å². The van der Waals surface area contributed by atoms with E-state index in [2.05, 4.69) is 5.32 Å². The van der Waals surface area contributed by atoms with Crippen LogP contribution in [0.3, 0.4) is 0 Å². The van der Waals surface area contributed by atoms with Gasteiger partial charge in [0.15, 0.2) is 17.6 Å². The zero-order valence-electron chi connectivity index (χ0n) is 15.3. The normalized spacial score (nSPS) is 11.2. The molecule has 7 nitrogen and oxygen atoms in total. The molecule has 27 heavy (non-hydrogen) atoms. The summed E-state index contributed by atoms with van der Waals surface area (Å²) >= 11 is 1.24. The van der Waals surface area contributed by atoms with E-state index in [0.717, 1.165) is 5.56 Å². The standard InChI is InChI=1S/C19H20N2O5S/c1-12(18(23)21-19-14(11-20)8-9-27-19)26-17(22)7-5-13-4-6-15(24-2)16(10-13)25-3/h4,6,8-10,12H,5,7H2,1-3H3,(H,21,23)/t12-/m0/s1. The fourth-order valence-corrected chi connectivity index (χ4v) is 3.04. The number of amides is 1. The van der Waals surface area contributed by atoms with Gasteiger partial charge in [-0.1, -0.05) is 6.07 Å². The number of esters is 1. The van der Waals surface area contributed by atoms with E-state index in [4.69, 9.17) is 19.5 Å². The quantitative estimate of drug-likeness (QED) is 0.698. The first kappa shape index (κ1) is 20.3. The van der Waals surface area contributed by atoms with Gasteiger partial charge in [0.2, 0.25) is 0 Å². The number of benzene rings is 1. The summed E-state index contributed by atoms with van der Waals surface area (Å²) in [4.78, 5) is 24.1. The molecule has 0 aliphatic rings. The van der Waals surface area contributed by atoms with E-state index in [9.17, 15) is 9.59 Å². The molecule has 142 valence electrons. The molecule has 0 unspecified atom stereocenters. The molecule has 1 heterocycles. The Kier molecular flexibility index (Phi) is 7.20. The molecule has 1 aromatic carbocycles. The summed E-state index contributed by atoms with van der Waals surface area (Å²) in [5.74, 6) is 0.229. The number of ether oxygens (including phenoxy) is 3. The predicted octanol–water partition coefficient (Wildman–Crippen LogP) is 3.14. The number of thiophene rings is 1. The molecule has 0 bridgehead atoms. The zero-order chi connectivity index (χ0) is 19.8. The molecule has 1 aromatic heterocycles. The molecule has 0 saturated heterocycles. The summed E-state index contributed by atoms with van der Waals surface area (Å²) in [7, 11) is 3.10. The molecule has 0 aliphatic heterocycles. The van der Waals surface area contributed by atoms with E-state index < -0.39 is 18.0 Å². The van der Waals surface area contributed by atoms with Crippen LogP contribution in [0, 0.1) is 11.3 Å². The fraction of sp³-hybridized carbons (Fsp3) is 0.316. The SMILES string of the molecule is COc1ccc(CCC(=O)O[C@@H](C)C(=O)Nc2sccc2C#N)cc1OC. The van der Waals surface area contributed by atoms with Gasteiger partial charge in [-0.15, -0.1) is 11.3 Å². The third-order valence-electron chi connectivity index (χ3n) is 3.77. The van der Waals surface area contributed by atoms with Crippen molar-refractivity contribution >= 4 is 28.2 Å². The van der Waals surface area contributed by atoms with Gasteiger partial charge in [0, 0.05) is 6.42 Å². The maximum Gasteiger partial charge on any atom is 0.306 e. The van der Waals surface area contributed by atoms with Gasteiger partial charge in [0.05, 0.1) is 19.8 Å². The second-order valence-electron chi connectivity index (χ2n) is 5.59. The smallest absolute Gasteiger partial charge is 0.306 e. The van der Waals surface area contributed by atoms with Gasteiger partial charge in [0.25, 0.3) is 5.91 Å².